The fraction of sp³-hybridized carbons (Fsp3) is 0.167. The van der Waals surface area contributed by atoms with Gasteiger partial charge in [0.05, 0.1) is 12.3 Å². The number of hydrogen-bond donors (Lipinski definition) is 2. The Bertz CT molecular complexity index is 465. The molecule has 0 aliphatic heterocycles. The molecule has 90 valence electrons. The van der Waals surface area contributed by atoms with E-state index in [-0.39, 0.29) is 12.0 Å². The second-order valence-electron chi connectivity index (χ2n) is 3.64. The summed E-state index contributed by atoms with van der Waals surface area (Å²) >= 11 is 0. The third-order valence-corrected chi connectivity index (χ3v) is 2.53. The van der Waals surface area contributed by atoms with Crippen LogP contribution in [0.25, 0.3) is 0 Å². The lowest BCUT2D eigenvalue weighted by Gasteiger charge is -2.16. The zero-order chi connectivity index (χ0) is 12.3. The van der Waals surface area contributed by atoms with Crippen LogP contribution in [0.1, 0.15) is 17.4 Å². The molecule has 1 atom stereocenters. The van der Waals surface area contributed by atoms with Gasteiger partial charge in [-0.2, -0.15) is 0 Å². The van der Waals surface area contributed by atoms with Crippen molar-refractivity contribution in [3.63, 3.8) is 0 Å². The molecule has 1 aromatic heterocycles. The molecule has 0 saturated heterocycles. The Morgan fingerprint density at radius 2 is 1.88 bits per heavy atom. The van der Waals surface area contributed by atoms with Crippen molar-refractivity contribution < 1.29 is 13.2 Å². The minimum absolute atomic E-state index is 0.0774. The second-order valence-corrected chi connectivity index (χ2v) is 3.64. The number of hydrazine groups is 1. The molecule has 2 rings (SSSR count). The van der Waals surface area contributed by atoms with Crippen LogP contribution in [0.15, 0.2) is 41.0 Å². The lowest BCUT2D eigenvalue weighted by atomic mass is 10.0. The van der Waals surface area contributed by atoms with Crippen LogP contribution in [-0.4, -0.2) is 0 Å². The third-order valence-electron chi connectivity index (χ3n) is 2.53. The van der Waals surface area contributed by atoms with E-state index in [4.69, 9.17) is 10.3 Å². The first-order valence-electron chi connectivity index (χ1n) is 5.14. The summed E-state index contributed by atoms with van der Waals surface area (Å²) < 4.78 is 32.2. The third kappa shape index (κ3) is 2.51. The van der Waals surface area contributed by atoms with E-state index in [1.165, 1.54) is 24.5 Å². The van der Waals surface area contributed by atoms with Crippen LogP contribution < -0.4 is 11.3 Å². The van der Waals surface area contributed by atoms with Gasteiger partial charge in [-0.3, -0.25) is 11.3 Å². The first kappa shape index (κ1) is 11.8. The molecule has 0 bridgehead atoms. The minimum atomic E-state index is -0.664. The average molecular weight is 238 g/mol. The Labute approximate surface area is 97.2 Å². The molecular formula is C12H12F2N2O. The molecule has 1 heterocycles. The van der Waals surface area contributed by atoms with Gasteiger partial charge in [0.1, 0.15) is 17.4 Å². The number of halogens is 2. The molecular weight excluding hydrogens is 226 g/mol. The second kappa shape index (κ2) is 5.07. The Balaban J connectivity index is 2.29. The van der Waals surface area contributed by atoms with E-state index in [2.05, 4.69) is 5.43 Å². The molecule has 3 nitrogen and oxygen atoms in total. The van der Waals surface area contributed by atoms with Crippen LogP contribution in [0.5, 0.6) is 0 Å². The van der Waals surface area contributed by atoms with Gasteiger partial charge in [0.15, 0.2) is 0 Å². The van der Waals surface area contributed by atoms with Crippen molar-refractivity contribution in [1.82, 2.24) is 5.43 Å². The van der Waals surface area contributed by atoms with E-state index >= 15 is 0 Å². The average Bonchev–Trinajstić information content (AvgIpc) is 2.80. The van der Waals surface area contributed by atoms with Crippen molar-refractivity contribution in [2.24, 2.45) is 5.84 Å². The minimum Gasteiger partial charge on any atom is -0.469 e. The number of furan rings is 1. The maximum Gasteiger partial charge on any atom is 0.130 e. The van der Waals surface area contributed by atoms with Gasteiger partial charge in [0.2, 0.25) is 0 Å². The Kier molecular flexibility index (Phi) is 3.51. The van der Waals surface area contributed by atoms with Gasteiger partial charge in [-0.25, -0.2) is 8.78 Å². The molecule has 17 heavy (non-hydrogen) atoms. The number of benzene rings is 1. The smallest absolute Gasteiger partial charge is 0.130 e. The van der Waals surface area contributed by atoms with Crippen LogP contribution in [-0.2, 0) is 6.42 Å². The molecule has 3 N–H and O–H groups in total. The van der Waals surface area contributed by atoms with Gasteiger partial charge >= 0.3 is 0 Å². The molecule has 1 unspecified atom stereocenters. The summed E-state index contributed by atoms with van der Waals surface area (Å²) in [5, 5.41) is 0. The van der Waals surface area contributed by atoms with E-state index in [0.717, 1.165) is 0 Å². The van der Waals surface area contributed by atoms with Gasteiger partial charge in [-0.1, -0.05) is 6.07 Å². The zero-order valence-electron chi connectivity index (χ0n) is 8.99. The fourth-order valence-electron chi connectivity index (χ4n) is 1.72. The molecule has 0 spiro atoms. The molecule has 2 aromatic rings. The van der Waals surface area contributed by atoms with E-state index in [9.17, 15) is 8.78 Å². The van der Waals surface area contributed by atoms with E-state index < -0.39 is 17.7 Å². The topological polar surface area (TPSA) is 51.2 Å². The Hall–Kier alpha value is -1.72. The SMILES string of the molecule is NNC(Cc1ccco1)c1c(F)cccc1F. The normalized spacial score (nSPS) is 12.6. The van der Waals surface area contributed by atoms with Crippen LogP contribution in [0.2, 0.25) is 0 Å². The summed E-state index contributed by atoms with van der Waals surface area (Å²) in [4.78, 5) is 0. The molecule has 0 amide bonds. The van der Waals surface area contributed by atoms with Gasteiger partial charge in [-0.15, -0.1) is 0 Å². The van der Waals surface area contributed by atoms with Gasteiger partial charge < -0.3 is 4.42 Å². The van der Waals surface area contributed by atoms with Crippen molar-refractivity contribution >= 4 is 0 Å². The maximum atomic E-state index is 13.6. The van der Waals surface area contributed by atoms with Crippen molar-refractivity contribution in [3.8, 4) is 0 Å². The monoisotopic (exact) mass is 238 g/mol. The van der Waals surface area contributed by atoms with Crippen molar-refractivity contribution in [3.05, 3.63) is 59.6 Å². The fourth-order valence-corrected chi connectivity index (χ4v) is 1.72. The summed E-state index contributed by atoms with van der Waals surface area (Å²) in [6, 6.07) is 6.48. The highest BCUT2D eigenvalue weighted by atomic mass is 19.1. The highest BCUT2D eigenvalue weighted by Crippen LogP contribution is 2.23. The number of hydrogen-bond acceptors (Lipinski definition) is 3. The largest absolute Gasteiger partial charge is 0.469 e. The standard InChI is InChI=1S/C12H12F2N2O/c13-9-4-1-5-10(14)12(9)11(16-15)7-8-3-2-6-17-8/h1-6,11,16H,7,15H2. The lowest BCUT2D eigenvalue weighted by Crippen LogP contribution is -2.31. The van der Waals surface area contributed by atoms with Crippen LogP contribution in [0, 0.1) is 11.6 Å². The van der Waals surface area contributed by atoms with E-state index in [0.29, 0.717) is 5.76 Å². The van der Waals surface area contributed by atoms with Gasteiger partial charge in [0, 0.05) is 12.0 Å². The van der Waals surface area contributed by atoms with Crippen LogP contribution in [0.3, 0.4) is 0 Å². The molecule has 0 aliphatic rings. The quantitative estimate of drug-likeness (QED) is 0.634. The Morgan fingerprint density at radius 3 is 2.41 bits per heavy atom. The molecule has 5 heteroatoms. The number of nitrogens with one attached hydrogen (secondary N) is 1. The Morgan fingerprint density at radius 1 is 1.18 bits per heavy atom. The van der Waals surface area contributed by atoms with Crippen LogP contribution >= 0.6 is 0 Å². The van der Waals surface area contributed by atoms with Crippen molar-refractivity contribution in [2.45, 2.75) is 12.5 Å². The molecule has 0 fully saturated rings. The predicted octanol–water partition coefficient (Wildman–Crippen LogP) is 2.30. The maximum absolute atomic E-state index is 13.6. The van der Waals surface area contributed by atoms with E-state index in [1.807, 2.05) is 0 Å². The van der Waals surface area contributed by atoms with Crippen molar-refractivity contribution in [2.75, 3.05) is 0 Å². The summed E-state index contributed by atoms with van der Waals surface area (Å²) in [6.07, 6.45) is 1.78. The van der Waals surface area contributed by atoms with Crippen molar-refractivity contribution in [1.29, 1.82) is 0 Å². The number of rotatable bonds is 4. The first-order chi connectivity index (χ1) is 8.22. The molecule has 1 aromatic carbocycles. The van der Waals surface area contributed by atoms with Gasteiger partial charge in [0.25, 0.3) is 0 Å². The lowest BCUT2D eigenvalue weighted by molar-refractivity contribution is 0.428. The molecule has 0 radical (unpaired) electrons. The van der Waals surface area contributed by atoms with Crippen LogP contribution in [0.4, 0.5) is 8.78 Å². The summed E-state index contributed by atoms with van der Waals surface area (Å²) in [5.74, 6) is 4.69. The van der Waals surface area contributed by atoms with Gasteiger partial charge in [-0.05, 0) is 24.3 Å². The molecule has 0 saturated carbocycles. The number of nitrogens with two attached hydrogens (primary N) is 1. The highest BCUT2D eigenvalue weighted by molar-refractivity contribution is 5.24. The predicted molar refractivity (Wildman–Crippen MR) is 58.8 cm³/mol. The zero-order valence-corrected chi connectivity index (χ0v) is 8.99. The summed E-state index contributed by atoms with van der Waals surface area (Å²) in [7, 11) is 0. The molecule has 0 aliphatic carbocycles. The first-order valence-corrected chi connectivity index (χ1v) is 5.14. The summed E-state index contributed by atoms with van der Waals surface area (Å²) in [6.45, 7) is 0. The highest BCUT2D eigenvalue weighted by Gasteiger charge is 2.20. The van der Waals surface area contributed by atoms with E-state index in [1.54, 1.807) is 12.1 Å². The summed E-state index contributed by atoms with van der Waals surface area (Å²) in [5.41, 5.74) is 2.32.